The molecule has 0 radical (unpaired) electrons. The van der Waals surface area contributed by atoms with E-state index in [4.69, 9.17) is 16.9 Å². The van der Waals surface area contributed by atoms with Crippen molar-refractivity contribution in [3.05, 3.63) is 28.8 Å². The van der Waals surface area contributed by atoms with Crippen LogP contribution >= 0.6 is 11.6 Å². The molecule has 82 valence electrons. The summed E-state index contributed by atoms with van der Waals surface area (Å²) in [5.41, 5.74) is 0.960. The first-order chi connectivity index (χ1) is 7.60. The van der Waals surface area contributed by atoms with Gasteiger partial charge in [0.25, 0.3) is 0 Å². The minimum absolute atomic E-state index is 0.119. The van der Waals surface area contributed by atoms with Crippen LogP contribution in [0.2, 0.25) is 5.02 Å². The summed E-state index contributed by atoms with van der Waals surface area (Å²) >= 11 is 5.84. The van der Waals surface area contributed by atoms with Gasteiger partial charge in [0.05, 0.1) is 30.7 Å². The number of β-amino-alcohol motifs (C(OH)–C–C–N with tert-alkyl or cyclic N) is 1. The van der Waals surface area contributed by atoms with Crippen molar-refractivity contribution >= 4 is 23.2 Å². The maximum absolute atomic E-state index is 11.5. The number of carbonyl (C=O) groups is 1. The SMILES string of the molecule is N#Cc1cc(Cl)cc(N2CC(O)CC2=O)c1. The van der Waals surface area contributed by atoms with Gasteiger partial charge in [-0.05, 0) is 18.2 Å². The number of carbonyl (C=O) groups excluding carboxylic acids is 1. The number of aliphatic hydroxyl groups is 1. The van der Waals surface area contributed by atoms with Crippen LogP contribution in [-0.4, -0.2) is 23.7 Å². The zero-order valence-electron chi connectivity index (χ0n) is 8.35. The van der Waals surface area contributed by atoms with Gasteiger partial charge in [0.2, 0.25) is 5.91 Å². The maximum atomic E-state index is 11.5. The van der Waals surface area contributed by atoms with Gasteiger partial charge in [-0.2, -0.15) is 5.26 Å². The smallest absolute Gasteiger partial charge is 0.229 e. The van der Waals surface area contributed by atoms with Crippen molar-refractivity contribution in [3.8, 4) is 6.07 Å². The fraction of sp³-hybridized carbons (Fsp3) is 0.273. The Labute approximate surface area is 97.7 Å². The summed E-state index contributed by atoms with van der Waals surface area (Å²) < 4.78 is 0. The molecule has 4 nitrogen and oxygen atoms in total. The fourth-order valence-electron chi connectivity index (χ4n) is 1.73. The Hall–Kier alpha value is -1.57. The zero-order valence-corrected chi connectivity index (χ0v) is 9.11. The van der Waals surface area contributed by atoms with E-state index >= 15 is 0 Å². The van der Waals surface area contributed by atoms with Crippen molar-refractivity contribution < 1.29 is 9.90 Å². The lowest BCUT2D eigenvalue weighted by atomic mass is 10.2. The number of amides is 1. The van der Waals surface area contributed by atoms with Crippen LogP contribution in [0.15, 0.2) is 18.2 Å². The van der Waals surface area contributed by atoms with E-state index in [1.807, 2.05) is 6.07 Å². The third-order valence-corrected chi connectivity index (χ3v) is 2.65. The highest BCUT2D eigenvalue weighted by Crippen LogP contribution is 2.26. The second kappa shape index (κ2) is 4.12. The predicted molar refractivity (Wildman–Crippen MR) is 59.1 cm³/mol. The van der Waals surface area contributed by atoms with E-state index in [1.165, 1.54) is 11.0 Å². The summed E-state index contributed by atoms with van der Waals surface area (Å²) in [7, 11) is 0. The molecule has 1 aliphatic rings. The lowest BCUT2D eigenvalue weighted by molar-refractivity contribution is -0.117. The minimum atomic E-state index is -0.642. The van der Waals surface area contributed by atoms with Gasteiger partial charge in [-0.25, -0.2) is 0 Å². The van der Waals surface area contributed by atoms with E-state index in [2.05, 4.69) is 0 Å². The van der Waals surface area contributed by atoms with Crippen LogP contribution in [-0.2, 0) is 4.79 Å². The number of hydrogen-bond donors (Lipinski definition) is 1. The molecule has 0 aliphatic carbocycles. The van der Waals surface area contributed by atoms with E-state index in [0.29, 0.717) is 16.3 Å². The van der Waals surface area contributed by atoms with Crippen molar-refractivity contribution in [3.63, 3.8) is 0 Å². The highest BCUT2D eigenvalue weighted by Gasteiger charge is 2.29. The lowest BCUT2D eigenvalue weighted by Gasteiger charge is -2.16. The van der Waals surface area contributed by atoms with E-state index in [9.17, 15) is 9.90 Å². The molecule has 1 N–H and O–H groups in total. The van der Waals surface area contributed by atoms with Gasteiger partial charge < -0.3 is 10.0 Å². The molecule has 1 atom stereocenters. The van der Waals surface area contributed by atoms with Crippen LogP contribution in [0.3, 0.4) is 0 Å². The first-order valence-electron chi connectivity index (χ1n) is 4.79. The van der Waals surface area contributed by atoms with Crippen molar-refractivity contribution in [2.45, 2.75) is 12.5 Å². The molecule has 0 aromatic heterocycles. The second-order valence-electron chi connectivity index (χ2n) is 3.67. The zero-order chi connectivity index (χ0) is 11.7. The molecule has 1 saturated heterocycles. The van der Waals surface area contributed by atoms with E-state index in [1.54, 1.807) is 12.1 Å². The summed E-state index contributed by atoms with van der Waals surface area (Å²) in [5, 5.41) is 18.6. The highest BCUT2D eigenvalue weighted by molar-refractivity contribution is 6.31. The standard InChI is InChI=1S/C11H9ClN2O2/c12-8-1-7(5-13)2-9(3-8)14-6-10(15)4-11(14)16/h1-3,10,15H,4,6H2. The Morgan fingerprint density at radius 2 is 2.25 bits per heavy atom. The molecule has 0 spiro atoms. The van der Waals surface area contributed by atoms with Gasteiger partial charge in [0.15, 0.2) is 0 Å². The molecule has 1 aliphatic heterocycles. The minimum Gasteiger partial charge on any atom is -0.391 e. The summed E-state index contributed by atoms with van der Waals surface area (Å²) in [6, 6.07) is 6.70. The molecular weight excluding hydrogens is 228 g/mol. The predicted octanol–water partition coefficient (Wildman–Crippen LogP) is 1.31. The van der Waals surface area contributed by atoms with Crippen LogP contribution < -0.4 is 4.90 Å². The van der Waals surface area contributed by atoms with E-state index < -0.39 is 6.10 Å². The number of rotatable bonds is 1. The number of halogens is 1. The molecule has 0 saturated carbocycles. The largest absolute Gasteiger partial charge is 0.391 e. The average Bonchev–Trinajstić information content (AvgIpc) is 2.57. The van der Waals surface area contributed by atoms with Gasteiger partial charge in [0, 0.05) is 10.7 Å². The Morgan fingerprint density at radius 1 is 1.50 bits per heavy atom. The first-order valence-corrected chi connectivity index (χ1v) is 5.17. The topological polar surface area (TPSA) is 64.3 Å². The normalized spacial score (nSPS) is 19.9. The summed E-state index contributed by atoms with van der Waals surface area (Å²) in [4.78, 5) is 13.0. The molecule has 1 aromatic rings. The van der Waals surface area contributed by atoms with Crippen molar-refractivity contribution in [2.75, 3.05) is 11.4 Å². The monoisotopic (exact) mass is 236 g/mol. The molecule has 0 bridgehead atoms. The molecule has 1 fully saturated rings. The van der Waals surface area contributed by atoms with E-state index in [-0.39, 0.29) is 18.9 Å². The number of benzene rings is 1. The van der Waals surface area contributed by atoms with Crippen molar-refractivity contribution in [1.29, 1.82) is 5.26 Å². The Kier molecular flexibility index (Phi) is 2.82. The molecule has 16 heavy (non-hydrogen) atoms. The van der Waals surface area contributed by atoms with Gasteiger partial charge >= 0.3 is 0 Å². The third kappa shape index (κ3) is 2.01. The molecular formula is C11H9ClN2O2. The van der Waals surface area contributed by atoms with Crippen LogP contribution in [0.25, 0.3) is 0 Å². The molecule has 1 amide bonds. The molecule has 2 rings (SSSR count). The van der Waals surface area contributed by atoms with Gasteiger partial charge in [-0.15, -0.1) is 0 Å². The summed E-state index contributed by atoms with van der Waals surface area (Å²) in [6.07, 6.45) is -0.522. The maximum Gasteiger partial charge on any atom is 0.229 e. The van der Waals surface area contributed by atoms with Crippen molar-refractivity contribution in [1.82, 2.24) is 0 Å². The van der Waals surface area contributed by atoms with Crippen LogP contribution in [0.1, 0.15) is 12.0 Å². The van der Waals surface area contributed by atoms with Gasteiger partial charge in [-0.1, -0.05) is 11.6 Å². The Bertz CT molecular complexity index is 481. The quantitative estimate of drug-likeness (QED) is 0.800. The Balaban J connectivity index is 2.37. The molecule has 1 heterocycles. The number of hydrogen-bond acceptors (Lipinski definition) is 3. The number of nitrogens with zero attached hydrogens (tertiary/aromatic N) is 2. The van der Waals surface area contributed by atoms with Gasteiger partial charge in [-0.3, -0.25) is 4.79 Å². The number of aliphatic hydroxyl groups excluding tert-OH is 1. The Morgan fingerprint density at radius 3 is 2.81 bits per heavy atom. The fourth-order valence-corrected chi connectivity index (χ4v) is 1.96. The molecule has 1 unspecified atom stereocenters. The first kappa shape index (κ1) is 10.9. The third-order valence-electron chi connectivity index (χ3n) is 2.43. The molecule has 1 aromatic carbocycles. The number of anilines is 1. The summed E-state index contributed by atoms with van der Waals surface area (Å²) in [6.45, 7) is 0.254. The summed E-state index contributed by atoms with van der Waals surface area (Å²) in [5.74, 6) is -0.154. The second-order valence-corrected chi connectivity index (χ2v) is 4.11. The lowest BCUT2D eigenvalue weighted by Crippen LogP contribution is -2.25. The van der Waals surface area contributed by atoms with Gasteiger partial charge in [0.1, 0.15) is 0 Å². The number of nitriles is 1. The van der Waals surface area contributed by atoms with Crippen LogP contribution in [0.5, 0.6) is 0 Å². The van der Waals surface area contributed by atoms with Crippen LogP contribution in [0, 0.1) is 11.3 Å². The molecule has 5 heteroatoms. The van der Waals surface area contributed by atoms with E-state index in [0.717, 1.165) is 0 Å². The average molecular weight is 237 g/mol. The highest BCUT2D eigenvalue weighted by atomic mass is 35.5. The van der Waals surface area contributed by atoms with Crippen LogP contribution in [0.4, 0.5) is 5.69 Å². The van der Waals surface area contributed by atoms with Crippen molar-refractivity contribution in [2.24, 2.45) is 0 Å².